The number of anilines is 1. The average Bonchev–Trinajstić information content (AvgIpc) is 2.45. The van der Waals surface area contributed by atoms with Crippen LogP contribution in [0.2, 0.25) is 0 Å². The highest BCUT2D eigenvalue weighted by Crippen LogP contribution is 2.11. The number of nitrogen functional groups attached to an aromatic ring is 1. The summed E-state index contributed by atoms with van der Waals surface area (Å²) in [5, 5.41) is 0. The number of aromatic nitrogens is 1. The van der Waals surface area contributed by atoms with Crippen molar-refractivity contribution in [1.29, 1.82) is 0 Å². The molecule has 0 fully saturated rings. The molecule has 0 aliphatic heterocycles. The number of carbonyl (C=O) groups is 1. The summed E-state index contributed by atoms with van der Waals surface area (Å²) in [5.74, 6) is 0.228. The predicted octanol–water partition coefficient (Wildman–Crippen LogP) is 0.877. The maximum absolute atomic E-state index is 11.1. The molecule has 0 saturated carbocycles. The lowest BCUT2D eigenvalue weighted by molar-refractivity contribution is 0.0589. The quantitative estimate of drug-likeness (QED) is 0.667. The first-order valence-electron chi connectivity index (χ1n) is 3.74. The van der Waals surface area contributed by atoms with Gasteiger partial charge in [0.1, 0.15) is 11.5 Å². The van der Waals surface area contributed by atoms with Crippen molar-refractivity contribution in [3.8, 4) is 0 Å². The minimum Gasteiger partial charge on any atom is -0.464 e. The van der Waals surface area contributed by atoms with Crippen molar-refractivity contribution in [1.82, 2.24) is 4.57 Å². The number of ether oxygens (including phenoxy) is 1. The highest BCUT2D eigenvalue weighted by molar-refractivity contribution is 5.88. The van der Waals surface area contributed by atoms with Gasteiger partial charge in [0.2, 0.25) is 0 Å². The maximum atomic E-state index is 11.1. The highest BCUT2D eigenvalue weighted by Gasteiger charge is 2.11. The third-order valence-corrected chi connectivity index (χ3v) is 1.73. The van der Waals surface area contributed by atoms with Gasteiger partial charge in [-0.2, -0.15) is 0 Å². The van der Waals surface area contributed by atoms with Crippen molar-refractivity contribution in [2.24, 2.45) is 0 Å². The smallest absolute Gasteiger partial charge is 0.354 e. The van der Waals surface area contributed by atoms with E-state index >= 15 is 0 Å². The number of hydrogen-bond donors (Lipinski definition) is 1. The first-order chi connectivity index (χ1) is 5.70. The molecule has 0 aliphatic rings. The van der Waals surface area contributed by atoms with Crippen LogP contribution in [0.1, 0.15) is 17.4 Å². The van der Waals surface area contributed by atoms with Crippen molar-refractivity contribution in [2.75, 3.05) is 12.8 Å². The molecule has 0 aromatic carbocycles. The van der Waals surface area contributed by atoms with Crippen LogP contribution in [0.4, 0.5) is 5.82 Å². The molecule has 1 heterocycles. The molecule has 0 unspecified atom stereocenters. The first kappa shape index (κ1) is 8.64. The molecular weight excluding hydrogens is 156 g/mol. The Hall–Kier alpha value is -1.45. The molecule has 1 rings (SSSR count). The van der Waals surface area contributed by atoms with Gasteiger partial charge in [-0.3, -0.25) is 0 Å². The fraction of sp³-hybridized carbons (Fsp3) is 0.375. The van der Waals surface area contributed by atoms with Gasteiger partial charge in [-0.05, 0) is 19.1 Å². The van der Waals surface area contributed by atoms with Crippen LogP contribution in [0.5, 0.6) is 0 Å². The topological polar surface area (TPSA) is 57.2 Å². The lowest BCUT2D eigenvalue weighted by atomic mass is 10.4. The molecule has 0 aliphatic carbocycles. The lowest BCUT2D eigenvalue weighted by Crippen LogP contribution is -2.11. The Labute approximate surface area is 70.9 Å². The summed E-state index contributed by atoms with van der Waals surface area (Å²) in [6.07, 6.45) is 0. The molecule has 0 saturated heterocycles. The number of nitrogens with zero attached hydrogens (tertiary/aromatic N) is 1. The normalized spacial score (nSPS) is 9.83. The van der Waals surface area contributed by atoms with Crippen molar-refractivity contribution in [3.05, 3.63) is 17.8 Å². The predicted molar refractivity (Wildman–Crippen MR) is 45.9 cm³/mol. The molecular formula is C8H12N2O2. The van der Waals surface area contributed by atoms with E-state index in [1.54, 1.807) is 16.7 Å². The Morgan fingerprint density at radius 3 is 2.83 bits per heavy atom. The molecule has 12 heavy (non-hydrogen) atoms. The Morgan fingerprint density at radius 1 is 1.67 bits per heavy atom. The summed E-state index contributed by atoms with van der Waals surface area (Å²) in [5.41, 5.74) is 6.10. The second-order valence-corrected chi connectivity index (χ2v) is 2.38. The summed E-state index contributed by atoms with van der Waals surface area (Å²) < 4.78 is 6.28. The molecule has 0 spiro atoms. The number of methoxy groups -OCH3 is 1. The molecule has 0 bridgehead atoms. The van der Waals surface area contributed by atoms with E-state index < -0.39 is 0 Å². The third-order valence-electron chi connectivity index (χ3n) is 1.73. The van der Waals surface area contributed by atoms with Gasteiger partial charge < -0.3 is 15.0 Å². The lowest BCUT2D eigenvalue weighted by Gasteiger charge is -2.05. The maximum Gasteiger partial charge on any atom is 0.354 e. The zero-order valence-electron chi connectivity index (χ0n) is 7.20. The Morgan fingerprint density at radius 2 is 2.33 bits per heavy atom. The van der Waals surface area contributed by atoms with Gasteiger partial charge in [0.05, 0.1) is 7.11 Å². The van der Waals surface area contributed by atoms with Gasteiger partial charge in [0.15, 0.2) is 0 Å². The van der Waals surface area contributed by atoms with Gasteiger partial charge in [-0.1, -0.05) is 0 Å². The summed E-state index contributed by atoms with van der Waals surface area (Å²) in [4.78, 5) is 11.1. The van der Waals surface area contributed by atoms with Crippen LogP contribution < -0.4 is 5.73 Å². The van der Waals surface area contributed by atoms with E-state index in [1.807, 2.05) is 6.92 Å². The fourth-order valence-corrected chi connectivity index (χ4v) is 1.12. The standard InChI is InChI=1S/C8H12N2O2/c1-3-10-6(8(11)12-2)4-5-7(10)9/h4-5H,3,9H2,1-2H3. The van der Waals surface area contributed by atoms with E-state index in [1.165, 1.54) is 7.11 Å². The van der Waals surface area contributed by atoms with Gasteiger partial charge in [0.25, 0.3) is 0 Å². The Kier molecular flexibility index (Phi) is 2.38. The van der Waals surface area contributed by atoms with Crippen molar-refractivity contribution in [2.45, 2.75) is 13.5 Å². The van der Waals surface area contributed by atoms with Crippen molar-refractivity contribution in [3.63, 3.8) is 0 Å². The van der Waals surface area contributed by atoms with E-state index in [-0.39, 0.29) is 5.97 Å². The zero-order chi connectivity index (χ0) is 9.14. The molecule has 2 N–H and O–H groups in total. The molecule has 0 amide bonds. The van der Waals surface area contributed by atoms with Crippen LogP contribution >= 0.6 is 0 Å². The first-order valence-corrected chi connectivity index (χ1v) is 3.74. The molecule has 4 heteroatoms. The monoisotopic (exact) mass is 168 g/mol. The summed E-state index contributed by atoms with van der Waals surface area (Å²) >= 11 is 0. The van der Waals surface area contributed by atoms with Crippen LogP contribution in [0.15, 0.2) is 12.1 Å². The van der Waals surface area contributed by atoms with E-state index in [0.29, 0.717) is 18.1 Å². The highest BCUT2D eigenvalue weighted by atomic mass is 16.5. The Bertz CT molecular complexity index is 291. The van der Waals surface area contributed by atoms with Crippen LogP contribution in [-0.2, 0) is 11.3 Å². The molecule has 1 aromatic rings. The van der Waals surface area contributed by atoms with Crippen molar-refractivity contribution >= 4 is 11.8 Å². The molecule has 1 aromatic heterocycles. The summed E-state index contributed by atoms with van der Waals surface area (Å²) in [7, 11) is 1.35. The van der Waals surface area contributed by atoms with Gasteiger partial charge >= 0.3 is 5.97 Å². The van der Waals surface area contributed by atoms with E-state index in [2.05, 4.69) is 4.74 Å². The van der Waals surface area contributed by atoms with Crippen molar-refractivity contribution < 1.29 is 9.53 Å². The van der Waals surface area contributed by atoms with Crippen LogP contribution in [0.25, 0.3) is 0 Å². The third kappa shape index (κ3) is 1.28. The average molecular weight is 168 g/mol. The number of esters is 1. The number of carbonyl (C=O) groups excluding carboxylic acids is 1. The largest absolute Gasteiger partial charge is 0.464 e. The molecule has 4 nitrogen and oxygen atoms in total. The van der Waals surface area contributed by atoms with Gasteiger partial charge in [-0.15, -0.1) is 0 Å². The van der Waals surface area contributed by atoms with Gasteiger partial charge in [-0.25, -0.2) is 4.79 Å². The van der Waals surface area contributed by atoms with E-state index in [4.69, 9.17) is 5.73 Å². The fourth-order valence-electron chi connectivity index (χ4n) is 1.12. The van der Waals surface area contributed by atoms with Crippen LogP contribution in [-0.4, -0.2) is 17.6 Å². The van der Waals surface area contributed by atoms with E-state index in [9.17, 15) is 4.79 Å². The number of hydrogen-bond acceptors (Lipinski definition) is 3. The minimum absolute atomic E-state index is 0.353. The minimum atomic E-state index is -0.353. The molecule has 0 atom stereocenters. The number of rotatable bonds is 2. The van der Waals surface area contributed by atoms with Gasteiger partial charge in [0, 0.05) is 6.54 Å². The van der Waals surface area contributed by atoms with E-state index in [0.717, 1.165) is 0 Å². The van der Waals surface area contributed by atoms with Crippen LogP contribution in [0.3, 0.4) is 0 Å². The second kappa shape index (κ2) is 3.30. The SMILES string of the molecule is CCn1c(N)ccc1C(=O)OC. The molecule has 0 radical (unpaired) electrons. The summed E-state index contributed by atoms with van der Waals surface area (Å²) in [6.45, 7) is 2.59. The van der Waals surface area contributed by atoms with Crippen LogP contribution in [0, 0.1) is 0 Å². The Balaban J connectivity index is 3.07. The summed E-state index contributed by atoms with van der Waals surface area (Å²) in [6, 6.07) is 3.35. The zero-order valence-corrected chi connectivity index (χ0v) is 7.20. The number of nitrogens with two attached hydrogens (primary N) is 1. The molecule has 66 valence electrons. The second-order valence-electron chi connectivity index (χ2n) is 2.38.